The van der Waals surface area contributed by atoms with Crippen molar-refractivity contribution in [3.05, 3.63) is 99.5 Å². The molecule has 12 heteroatoms. The molecular weight excluding hydrogens is 595 g/mol. The maximum absolute atomic E-state index is 14.1. The number of benzene rings is 3. The fraction of sp³-hybridized carbons (Fsp3) is 0.310. The molecule has 0 unspecified atom stereocenters. The molecule has 0 saturated carbocycles. The van der Waals surface area contributed by atoms with Gasteiger partial charge in [0.1, 0.15) is 12.6 Å². The third-order valence-electron chi connectivity index (χ3n) is 6.00. The van der Waals surface area contributed by atoms with Gasteiger partial charge in [0.15, 0.2) is 11.6 Å². The Kier molecular flexibility index (Phi) is 10.4. The first-order chi connectivity index (χ1) is 19.0. The molecule has 0 radical (unpaired) electrons. The zero-order valence-electron chi connectivity index (χ0n) is 23.0. The van der Waals surface area contributed by atoms with Crippen LogP contribution >= 0.6 is 23.2 Å². The highest BCUT2D eigenvalue weighted by atomic mass is 35.5. The molecule has 3 aromatic carbocycles. The predicted molar refractivity (Wildman–Crippen MR) is 157 cm³/mol. The van der Waals surface area contributed by atoms with E-state index in [-0.39, 0.29) is 23.7 Å². The average molecular weight is 627 g/mol. The minimum atomic E-state index is -4.14. The Bertz CT molecular complexity index is 1520. The number of carbonyl (C=O) groups is 2. The van der Waals surface area contributed by atoms with Crippen molar-refractivity contribution in [3.63, 3.8) is 0 Å². The monoisotopic (exact) mass is 625 g/mol. The van der Waals surface area contributed by atoms with Crippen LogP contribution in [0.25, 0.3) is 0 Å². The highest BCUT2D eigenvalue weighted by Gasteiger charge is 2.34. The van der Waals surface area contributed by atoms with E-state index in [9.17, 15) is 26.8 Å². The van der Waals surface area contributed by atoms with Crippen molar-refractivity contribution in [2.45, 2.75) is 45.3 Å². The number of halogens is 4. The Hall–Kier alpha value is -3.21. The molecule has 3 aromatic rings. The third-order valence-corrected chi connectivity index (χ3v) is 7.72. The van der Waals surface area contributed by atoms with Crippen LogP contribution in [0, 0.1) is 11.6 Å². The lowest BCUT2D eigenvalue weighted by atomic mass is 10.0. The fourth-order valence-corrected chi connectivity index (χ4v) is 5.40. The second kappa shape index (κ2) is 13.2. The predicted octanol–water partition coefficient (Wildman–Crippen LogP) is 5.59. The van der Waals surface area contributed by atoms with E-state index in [0.29, 0.717) is 21.0 Å². The van der Waals surface area contributed by atoms with Crippen LogP contribution in [0.2, 0.25) is 10.0 Å². The van der Waals surface area contributed by atoms with Gasteiger partial charge in [-0.1, -0.05) is 59.6 Å². The minimum Gasteiger partial charge on any atom is -0.350 e. The molecule has 0 aliphatic heterocycles. The molecule has 0 fully saturated rings. The third kappa shape index (κ3) is 9.14. The van der Waals surface area contributed by atoms with Crippen molar-refractivity contribution in [2.75, 3.05) is 17.1 Å². The Balaban J connectivity index is 2.11. The molecule has 0 aliphatic rings. The van der Waals surface area contributed by atoms with Gasteiger partial charge in [-0.15, -0.1) is 0 Å². The first-order valence-electron chi connectivity index (χ1n) is 12.6. The topological polar surface area (TPSA) is 86.8 Å². The zero-order valence-corrected chi connectivity index (χ0v) is 25.3. The van der Waals surface area contributed by atoms with Gasteiger partial charge < -0.3 is 10.2 Å². The van der Waals surface area contributed by atoms with Crippen LogP contribution < -0.4 is 9.62 Å². The van der Waals surface area contributed by atoms with Crippen molar-refractivity contribution in [1.82, 2.24) is 10.2 Å². The van der Waals surface area contributed by atoms with Gasteiger partial charge >= 0.3 is 0 Å². The van der Waals surface area contributed by atoms with Gasteiger partial charge in [-0.2, -0.15) is 0 Å². The second-order valence-corrected chi connectivity index (χ2v) is 13.3. The lowest BCUT2D eigenvalue weighted by Gasteiger charge is -2.35. The summed E-state index contributed by atoms with van der Waals surface area (Å²) in [6.45, 7) is 4.42. The highest BCUT2D eigenvalue weighted by Crippen LogP contribution is 2.26. The molecule has 3 rings (SSSR count). The summed E-state index contributed by atoms with van der Waals surface area (Å²) in [6.07, 6.45) is 0.944. The van der Waals surface area contributed by atoms with Gasteiger partial charge in [-0.25, -0.2) is 17.2 Å². The Morgan fingerprint density at radius 2 is 1.61 bits per heavy atom. The number of carbonyl (C=O) groups excluding carboxylic acids is 2. The number of nitrogens with one attached hydrogen (secondary N) is 1. The normalized spacial score (nSPS) is 12.5. The summed E-state index contributed by atoms with van der Waals surface area (Å²) in [7, 11) is -4.14. The fourth-order valence-electron chi connectivity index (χ4n) is 4.09. The van der Waals surface area contributed by atoms with Gasteiger partial charge in [0.25, 0.3) is 0 Å². The van der Waals surface area contributed by atoms with Crippen LogP contribution in [-0.4, -0.2) is 49.5 Å². The number of amides is 2. The molecular formula is C29H31Cl2F2N3O4S. The van der Waals surface area contributed by atoms with Crippen molar-refractivity contribution in [2.24, 2.45) is 0 Å². The number of hydrogen-bond acceptors (Lipinski definition) is 4. The van der Waals surface area contributed by atoms with E-state index in [0.717, 1.165) is 24.0 Å². The molecule has 220 valence electrons. The van der Waals surface area contributed by atoms with Gasteiger partial charge in [-0.3, -0.25) is 13.9 Å². The molecule has 0 aliphatic carbocycles. The molecule has 0 aromatic heterocycles. The summed E-state index contributed by atoms with van der Waals surface area (Å²) < 4.78 is 53.8. The van der Waals surface area contributed by atoms with E-state index < -0.39 is 51.6 Å². The lowest BCUT2D eigenvalue weighted by molar-refractivity contribution is -0.140. The van der Waals surface area contributed by atoms with Crippen LogP contribution in [0.5, 0.6) is 0 Å². The molecule has 0 heterocycles. The van der Waals surface area contributed by atoms with Crippen LogP contribution in [-0.2, 0) is 32.6 Å². The maximum Gasteiger partial charge on any atom is 0.244 e. The quantitative estimate of drug-likeness (QED) is 0.318. The minimum absolute atomic E-state index is 0.101. The van der Waals surface area contributed by atoms with Crippen molar-refractivity contribution >= 4 is 50.7 Å². The van der Waals surface area contributed by atoms with Gasteiger partial charge in [0.05, 0.1) is 11.9 Å². The summed E-state index contributed by atoms with van der Waals surface area (Å²) in [4.78, 5) is 28.9. The number of hydrogen-bond donors (Lipinski definition) is 1. The Morgan fingerprint density at radius 1 is 0.951 bits per heavy atom. The zero-order chi connectivity index (χ0) is 30.5. The Labute approximate surface area is 249 Å². The van der Waals surface area contributed by atoms with Crippen molar-refractivity contribution < 1.29 is 26.8 Å². The van der Waals surface area contributed by atoms with E-state index in [1.54, 1.807) is 57.2 Å². The lowest BCUT2D eigenvalue weighted by Crippen LogP contribution is -2.56. The van der Waals surface area contributed by atoms with Crippen molar-refractivity contribution in [1.29, 1.82) is 0 Å². The van der Waals surface area contributed by atoms with E-state index in [2.05, 4.69) is 5.32 Å². The Morgan fingerprint density at radius 3 is 2.17 bits per heavy atom. The molecule has 0 saturated heterocycles. The van der Waals surface area contributed by atoms with Crippen LogP contribution in [0.4, 0.5) is 14.5 Å². The first kappa shape index (κ1) is 32.3. The number of sulfonamides is 1. The van der Waals surface area contributed by atoms with E-state index >= 15 is 0 Å². The summed E-state index contributed by atoms with van der Waals surface area (Å²) in [5.41, 5.74) is 0.318. The van der Waals surface area contributed by atoms with Crippen LogP contribution in [0.1, 0.15) is 31.9 Å². The largest absolute Gasteiger partial charge is 0.350 e. The standard InChI is InChI=1S/C29H31Cl2F2N3O4S/c1-29(2,3)34-28(38)26(14-19-8-6-5-7-9-19)35(17-20-10-11-21(30)15-23(20)31)27(37)18-36(41(4,39)40)22-12-13-24(32)25(33)16-22/h5-13,15-16,26H,14,17-18H2,1-4H3,(H,34,38)/t26-/m1/s1. The smallest absolute Gasteiger partial charge is 0.244 e. The first-order valence-corrected chi connectivity index (χ1v) is 15.2. The average Bonchev–Trinajstić information content (AvgIpc) is 2.86. The number of anilines is 1. The molecule has 41 heavy (non-hydrogen) atoms. The molecule has 1 N–H and O–H groups in total. The molecule has 0 bridgehead atoms. The van der Waals surface area contributed by atoms with Gasteiger partial charge in [-0.05, 0) is 56.2 Å². The van der Waals surface area contributed by atoms with Crippen molar-refractivity contribution in [3.8, 4) is 0 Å². The second-order valence-electron chi connectivity index (χ2n) is 10.6. The van der Waals surface area contributed by atoms with Crippen LogP contribution in [0.3, 0.4) is 0 Å². The van der Waals surface area contributed by atoms with Gasteiger partial charge in [0, 0.05) is 34.6 Å². The van der Waals surface area contributed by atoms with Crippen LogP contribution in [0.15, 0.2) is 66.7 Å². The SMILES string of the molecule is CC(C)(C)NC(=O)[C@@H](Cc1ccccc1)N(Cc1ccc(Cl)cc1Cl)C(=O)CN(c1ccc(F)c(F)c1)S(C)(=O)=O. The summed E-state index contributed by atoms with van der Waals surface area (Å²) in [6, 6.07) is 15.1. The molecule has 0 spiro atoms. The summed E-state index contributed by atoms with van der Waals surface area (Å²) in [5, 5.41) is 3.51. The summed E-state index contributed by atoms with van der Waals surface area (Å²) >= 11 is 12.5. The highest BCUT2D eigenvalue weighted by molar-refractivity contribution is 7.92. The molecule has 7 nitrogen and oxygen atoms in total. The maximum atomic E-state index is 14.1. The van der Waals surface area contributed by atoms with E-state index in [1.165, 1.54) is 11.0 Å². The number of nitrogens with zero attached hydrogens (tertiary/aromatic N) is 2. The van der Waals surface area contributed by atoms with Gasteiger partial charge in [0.2, 0.25) is 21.8 Å². The molecule has 2 amide bonds. The summed E-state index contributed by atoms with van der Waals surface area (Å²) in [5.74, 6) is -3.69. The number of rotatable bonds is 10. The van der Waals surface area contributed by atoms with E-state index in [1.807, 2.05) is 6.07 Å². The van der Waals surface area contributed by atoms with E-state index in [4.69, 9.17) is 23.2 Å². The molecule has 1 atom stereocenters.